The van der Waals surface area contributed by atoms with Crippen molar-refractivity contribution in [1.82, 2.24) is 4.90 Å². The van der Waals surface area contributed by atoms with Crippen LogP contribution in [-0.2, 0) is 16.0 Å². The highest BCUT2D eigenvalue weighted by Gasteiger charge is 2.32. The van der Waals surface area contributed by atoms with Crippen molar-refractivity contribution >= 4 is 12.1 Å². The summed E-state index contributed by atoms with van der Waals surface area (Å²) in [5.41, 5.74) is 5.15. The molecule has 7 heteroatoms. The molecule has 0 aromatic heterocycles. The van der Waals surface area contributed by atoms with Crippen LogP contribution in [0.25, 0.3) is 11.1 Å². The minimum atomic E-state index is -1.12. The second-order valence-electron chi connectivity index (χ2n) is 8.16. The predicted octanol–water partition coefficient (Wildman–Crippen LogP) is 4.58. The molecule has 1 atom stereocenters. The van der Waals surface area contributed by atoms with Gasteiger partial charge in [-0.2, -0.15) is 0 Å². The lowest BCUT2D eigenvalue weighted by Gasteiger charge is -2.25. The molecule has 0 fully saturated rings. The van der Waals surface area contributed by atoms with Crippen LogP contribution in [0.2, 0.25) is 0 Å². The number of likely N-dealkylation sites (N-methyl/N-ethyl adjacent to an activating group) is 1. The third kappa shape index (κ3) is 4.41. The zero-order valence-electron chi connectivity index (χ0n) is 19.4. The minimum absolute atomic E-state index is 0.0936. The van der Waals surface area contributed by atoms with Crippen molar-refractivity contribution < 1.29 is 28.9 Å². The highest BCUT2D eigenvalue weighted by Crippen LogP contribution is 2.44. The molecule has 0 radical (unpaired) electrons. The molecule has 1 N–H and O–H groups in total. The van der Waals surface area contributed by atoms with Gasteiger partial charge in [-0.25, -0.2) is 9.59 Å². The fourth-order valence-electron chi connectivity index (χ4n) is 4.44. The van der Waals surface area contributed by atoms with Gasteiger partial charge in [-0.3, -0.25) is 4.90 Å². The Bertz CT molecular complexity index is 1160. The standard InChI is InChI=1S/C27H27NO6/c1-28(23(26(29)30)14-17-12-13-24(32-2)25(15-17)33-3)27(31)34-16-22-20-10-6-4-8-18(20)19-9-5-7-11-21(19)22/h4-13,15,22-23H,14,16H2,1-3H3,(H,29,30)/t23-/m0/s1. The van der Waals surface area contributed by atoms with Crippen molar-refractivity contribution in [2.75, 3.05) is 27.9 Å². The molecule has 176 valence electrons. The van der Waals surface area contributed by atoms with Gasteiger partial charge >= 0.3 is 12.1 Å². The number of carboxylic acids is 1. The van der Waals surface area contributed by atoms with E-state index in [1.54, 1.807) is 18.2 Å². The Hall–Kier alpha value is -4.00. The summed E-state index contributed by atoms with van der Waals surface area (Å²) in [5, 5.41) is 9.82. The van der Waals surface area contributed by atoms with Gasteiger partial charge in [-0.15, -0.1) is 0 Å². The largest absolute Gasteiger partial charge is 0.493 e. The van der Waals surface area contributed by atoms with Gasteiger partial charge in [0.1, 0.15) is 12.6 Å². The van der Waals surface area contributed by atoms with E-state index in [2.05, 4.69) is 12.1 Å². The Morgan fingerprint density at radius 3 is 2.06 bits per heavy atom. The van der Waals surface area contributed by atoms with Crippen LogP contribution in [0.3, 0.4) is 0 Å². The fraction of sp³-hybridized carbons (Fsp3) is 0.259. The third-order valence-electron chi connectivity index (χ3n) is 6.25. The molecule has 0 heterocycles. The van der Waals surface area contributed by atoms with E-state index in [4.69, 9.17) is 14.2 Å². The van der Waals surface area contributed by atoms with Gasteiger partial charge in [-0.05, 0) is 39.9 Å². The Labute approximate surface area is 198 Å². The number of amides is 1. The number of aliphatic carboxylic acids is 1. The van der Waals surface area contributed by atoms with Gasteiger partial charge in [0.15, 0.2) is 11.5 Å². The van der Waals surface area contributed by atoms with Gasteiger partial charge in [0.25, 0.3) is 0 Å². The number of benzene rings is 3. The predicted molar refractivity (Wildman–Crippen MR) is 128 cm³/mol. The lowest BCUT2D eigenvalue weighted by molar-refractivity contribution is -0.142. The first-order chi connectivity index (χ1) is 16.4. The van der Waals surface area contributed by atoms with Crippen LogP contribution in [-0.4, -0.2) is 56.0 Å². The van der Waals surface area contributed by atoms with Crippen LogP contribution in [0.4, 0.5) is 4.79 Å². The van der Waals surface area contributed by atoms with E-state index in [-0.39, 0.29) is 18.9 Å². The number of carbonyl (C=O) groups is 2. The zero-order chi connectivity index (χ0) is 24.2. The first-order valence-corrected chi connectivity index (χ1v) is 11.0. The summed E-state index contributed by atoms with van der Waals surface area (Å²) in [5.74, 6) is -0.180. The Balaban J connectivity index is 1.48. The van der Waals surface area contributed by atoms with E-state index in [9.17, 15) is 14.7 Å². The van der Waals surface area contributed by atoms with E-state index < -0.39 is 18.1 Å². The number of methoxy groups -OCH3 is 2. The maximum Gasteiger partial charge on any atom is 0.410 e. The second kappa shape index (κ2) is 9.87. The van der Waals surface area contributed by atoms with Crippen molar-refractivity contribution in [2.24, 2.45) is 0 Å². The Morgan fingerprint density at radius 2 is 1.50 bits per heavy atom. The zero-order valence-corrected chi connectivity index (χ0v) is 19.4. The summed E-state index contributed by atoms with van der Waals surface area (Å²) >= 11 is 0. The van der Waals surface area contributed by atoms with Crippen LogP contribution in [0.15, 0.2) is 66.7 Å². The lowest BCUT2D eigenvalue weighted by atomic mass is 9.98. The van der Waals surface area contributed by atoms with Gasteiger partial charge < -0.3 is 19.3 Å². The molecular weight excluding hydrogens is 434 g/mol. The Morgan fingerprint density at radius 1 is 0.912 bits per heavy atom. The number of nitrogens with zero attached hydrogens (tertiary/aromatic N) is 1. The molecule has 0 aliphatic heterocycles. The summed E-state index contributed by atoms with van der Waals surface area (Å²) < 4.78 is 16.2. The van der Waals surface area contributed by atoms with Crippen molar-refractivity contribution in [3.05, 3.63) is 83.4 Å². The van der Waals surface area contributed by atoms with E-state index >= 15 is 0 Å². The molecule has 1 amide bonds. The highest BCUT2D eigenvalue weighted by molar-refractivity contribution is 5.81. The van der Waals surface area contributed by atoms with E-state index in [1.807, 2.05) is 36.4 Å². The molecule has 0 spiro atoms. The Kier molecular flexibility index (Phi) is 6.72. The van der Waals surface area contributed by atoms with Crippen LogP contribution in [0.5, 0.6) is 11.5 Å². The molecule has 1 aliphatic rings. The number of ether oxygens (including phenoxy) is 3. The van der Waals surface area contributed by atoms with Crippen LogP contribution >= 0.6 is 0 Å². The fourth-order valence-corrected chi connectivity index (χ4v) is 4.44. The van der Waals surface area contributed by atoms with Crippen LogP contribution in [0.1, 0.15) is 22.6 Å². The summed E-state index contributed by atoms with van der Waals surface area (Å²) in [4.78, 5) is 26.0. The number of rotatable bonds is 8. The maximum atomic E-state index is 12.9. The molecule has 7 nitrogen and oxygen atoms in total. The monoisotopic (exact) mass is 461 g/mol. The number of hydrogen-bond acceptors (Lipinski definition) is 5. The van der Waals surface area contributed by atoms with E-state index in [1.165, 1.54) is 21.3 Å². The summed E-state index contributed by atoms with van der Waals surface area (Å²) in [7, 11) is 4.49. The molecule has 0 bridgehead atoms. The quantitative estimate of drug-likeness (QED) is 0.529. The van der Waals surface area contributed by atoms with Gasteiger partial charge in [0.05, 0.1) is 14.2 Å². The molecular formula is C27H27NO6. The molecule has 0 saturated carbocycles. The summed E-state index contributed by atoms with van der Waals surface area (Å²) in [6.07, 6.45) is -0.592. The molecule has 34 heavy (non-hydrogen) atoms. The number of hydrogen-bond donors (Lipinski definition) is 1. The third-order valence-corrected chi connectivity index (χ3v) is 6.25. The highest BCUT2D eigenvalue weighted by atomic mass is 16.6. The molecule has 0 saturated heterocycles. The number of carboxylic acid groups (broad SMARTS) is 1. The topological polar surface area (TPSA) is 85.3 Å². The number of carbonyl (C=O) groups excluding carboxylic acids is 1. The van der Waals surface area contributed by atoms with Crippen molar-refractivity contribution in [3.63, 3.8) is 0 Å². The first-order valence-electron chi connectivity index (χ1n) is 11.0. The van der Waals surface area contributed by atoms with Gasteiger partial charge in [-0.1, -0.05) is 54.6 Å². The van der Waals surface area contributed by atoms with Crippen LogP contribution in [0, 0.1) is 0 Å². The van der Waals surface area contributed by atoms with Crippen LogP contribution < -0.4 is 9.47 Å². The average Bonchev–Trinajstić information content (AvgIpc) is 3.18. The van der Waals surface area contributed by atoms with Crippen molar-refractivity contribution in [3.8, 4) is 22.6 Å². The SMILES string of the molecule is COc1ccc(C[C@@H](C(=O)O)N(C)C(=O)OCC2c3ccccc3-c3ccccc32)cc1OC. The first kappa shape index (κ1) is 23.2. The average molecular weight is 462 g/mol. The molecule has 3 aromatic carbocycles. The van der Waals surface area contributed by atoms with Crippen molar-refractivity contribution in [1.29, 1.82) is 0 Å². The molecule has 3 aromatic rings. The molecule has 0 unspecified atom stereocenters. The van der Waals surface area contributed by atoms with E-state index in [0.717, 1.165) is 27.2 Å². The van der Waals surface area contributed by atoms with Crippen molar-refractivity contribution in [2.45, 2.75) is 18.4 Å². The second-order valence-corrected chi connectivity index (χ2v) is 8.16. The van der Waals surface area contributed by atoms with E-state index in [0.29, 0.717) is 17.1 Å². The summed E-state index contributed by atoms with van der Waals surface area (Å²) in [6, 6.07) is 20.2. The molecule has 1 aliphatic carbocycles. The smallest absolute Gasteiger partial charge is 0.410 e. The molecule has 4 rings (SSSR count). The minimum Gasteiger partial charge on any atom is -0.493 e. The number of fused-ring (bicyclic) bond motifs is 3. The normalized spacial score (nSPS) is 12.9. The summed E-state index contributed by atoms with van der Waals surface area (Å²) in [6.45, 7) is 0.125. The van der Waals surface area contributed by atoms with Gasteiger partial charge in [0, 0.05) is 19.4 Å². The maximum absolute atomic E-state index is 12.9. The lowest BCUT2D eigenvalue weighted by Crippen LogP contribution is -2.44. The van der Waals surface area contributed by atoms with Gasteiger partial charge in [0.2, 0.25) is 0 Å².